The van der Waals surface area contributed by atoms with Crippen molar-refractivity contribution in [1.29, 1.82) is 0 Å². The van der Waals surface area contributed by atoms with Crippen LogP contribution in [-0.4, -0.2) is 32.2 Å². The van der Waals surface area contributed by atoms with Gasteiger partial charge in [-0.15, -0.1) is 11.6 Å². The van der Waals surface area contributed by atoms with Gasteiger partial charge >= 0.3 is 5.97 Å². The van der Waals surface area contributed by atoms with Crippen LogP contribution in [0.25, 0.3) is 0 Å². The number of carbonyl (C=O) groups is 1. The maximum absolute atomic E-state index is 11.5. The van der Waals surface area contributed by atoms with Gasteiger partial charge in [0.1, 0.15) is 0 Å². The van der Waals surface area contributed by atoms with Gasteiger partial charge in [-0.2, -0.15) is 0 Å². The number of methoxy groups -OCH3 is 1. The largest absolute Gasteiger partial charge is 0.493 e. The molecule has 0 heterocycles. The summed E-state index contributed by atoms with van der Waals surface area (Å²) in [6, 6.07) is 4.95. The number of hydrogen-bond donors (Lipinski definition) is 0. The zero-order valence-corrected chi connectivity index (χ0v) is 11.3. The van der Waals surface area contributed by atoms with Crippen LogP contribution in [0.3, 0.4) is 0 Å². The number of halogens is 1. The van der Waals surface area contributed by atoms with Gasteiger partial charge in [-0.1, -0.05) is 0 Å². The summed E-state index contributed by atoms with van der Waals surface area (Å²) in [7, 11) is 1.53. The van der Waals surface area contributed by atoms with Crippen LogP contribution in [0.4, 0.5) is 0 Å². The molecule has 0 atom stereocenters. The molecular formula is C13H17ClO4. The van der Waals surface area contributed by atoms with Gasteiger partial charge in [-0.05, 0) is 31.5 Å². The first kappa shape index (κ1) is 14.6. The highest BCUT2D eigenvalue weighted by atomic mass is 35.5. The minimum absolute atomic E-state index is 0.342. The highest BCUT2D eigenvalue weighted by Gasteiger charge is 2.11. The van der Waals surface area contributed by atoms with E-state index in [1.165, 1.54) is 7.11 Å². The van der Waals surface area contributed by atoms with Gasteiger partial charge < -0.3 is 14.2 Å². The molecule has 100 valence electrons. The molecule has 0 aromatic heterocycles. The summed E-state index contributed by atoms with van der Waals surface area (Å²) in [6.07, 6.45) is 0.754. The third kappa shape index (κ3) is 4.11. The monoisotopic (exact) mass is 272 g/mol. The summed E-state index contributed by atoms with van der Waals surface area (Å²) in [5.74, 6) is 1.28. The summed E-state index contributed by atoms with van der Waals surface area (Å²) in [5.41, 5.74) is 0.443. The van der Waals surface area contributed by atoms with E-state index < -0.39 is 0 Å². The van der Waals surface area contributed by atoms with Crippen LogP contribution in [-0.2, 0) is 4.74 Å². The Balaban J connectivity index is 2.79. The Morgan fingerprint density at radius 1 is 1.33 bits per heavy atom. The number of alkyl halides is 1. The minimum Gasteiger partial charge on any atom is -0.493 e. The van der Waals surface area contributed by atoms with Gasteiger partial charge in [0.25, 0.3) is 0 Å². The molecule has 4 nitrogen and oxygen atoms in total. The topological polar surface area (TPSA) is 44.8 Å². The highest BCUT2D eigenvalue weighted by molar-refractivity contribution is 6.17. The molecule has 0 saturated heterocycles. The number of hydrogen-bond acceptors (Lipinski definition) is 4. The Labute approximate surface area is 112 Å². The lowest BCUT2D eigenvalue weighted by atomic mass is 10.2. The third-order valence-corrected chi connectivity index (χ3v) is 2.48. The Morgan fingerprint density at radius 3 is 2.72 bits per heavy atom. The Morgan fingerprint density at radius 2 is 2.11 bits per heavy atom. The molecule has 1 rings (SSSR count). The van der Waals surface area contributed by atoms with Crippen LogP contribution in [0.2, 0.25) is 0 Å². The van der Waals surface area contributed by atoms with E-state index in [4.69, 9.17) is 25.8 Å². The Hall–Kier alpha value is -1.42. The van der Waals surface area contributed by atoms with E-state index in [-0.39, 0.29) is 5.97 Å². The maximum atomic E-state index is 11.5. The van der Waals surface area contributed by atoms with Crippen LogP contribution < -0.4 is 9.47 Å². The van der Waals surface area contributed by atoms with E-state index in [2.05, 4.69) is 0 Å². The molecule has 0 bridgehead atoms. The van der Waals surface area contributed by atoms with Gasteiger partial charge in [0.05, 0.1) is 25.9 Å². The standard InChI is InChI=1S/C13H17ClO4/c1-3-17-13(15)10-5-6-11(12(9-10)16-2)18-8-4-7-14/h5-6,9H,3-4,7-8H2,1-2H3. The molecule has 0 N–H and O–H groups in total. The van der Waals surface area contributed by atoms with Gasteiger partial charge in [-0.3, -0.25) is 0 Å². The molecule has 0 saturated carbocycles. The molecule has 1 aromatic rings. The Bertz CT molecular complexity index is 393. The summed E-state index contributed by atoms with van der Waals surface area (Å²) in [5, 5.41) is 0. The van der Waals surface area contributed by atoms with E-state index >= 15 is 0 Å². The molecule has 0 aliphatic rings. The number of carbonyl (C=O) groups excluding carboxylic acids is 1. The van der Waals surface area contributed by atoms with Crippen LogP contribution >= 0.6 is 11.6 Å². The van der Waals surface area contributed by atoms with E-state index in [0.29, 0.717) is 36.2 Å². The Kier molecular flexibility index (Phi) is 6.36. The number of esters is 1. The zero-order chi connectivity index (χ0) is 13.4. The van der Waals surface area contributed by atoms with Crippen molar-refractivity contribution in [2.45, 2.75) is 13.3 Å². The van der Waals surface area contributed by atoms with E-state index in [1.807, 2.05) is 0 Å². The second-order valence-corrected chi connectivity index (χ2v) is 3.86. The van der Waals surface area contributed by atoms with Crippen molar-refractivity contribution in [3.8, 4) is 11.5 Å². The molecule has 0 radical (unpaired) electrons. The second kappa shape index (κ2) is 7.82. The maximum Gasteiger partial charge on any atom is 0.338 e. The van der Waals surface area contributed by atoms with Crippen molar-refractivity contribution in [3.05, 3.63) is 23.8 Å². The van der Waals surface area contributed by atoms with Crippen molar-refractivity contribution in [2.75, 3.05) is 26.2 Å². The van der Waals surface area contributed by atoms with Gasteiger partial charge in [0.15, 0.2) is 11.5 Å². The average Bonchev–Trinajstić information content (AvgIpc) is 2.39. The summed E-state index contributed by atoms with van der Waals surface area (Å²) < 4.78 is 15.6. The fourth-order valence-electron chi connectivity index (χ4n) is 1.36. The van der Waals surface area contributed by atoms with Crippen LogP contribution in [0.1, 0.15) is 23.7 Å². The van der Waals surface area contributed by atoms with Gasteiger partial charge in [-0.25, -0.2) is 4.79 Å². The molecule has 0 spiro atoms. The predicted octanol–water partition coefficient (Wildman–Crippen LogP) is 2.88. The van der Waals surface area contributed by atoms with Crippen molar-refractivity contribution in [1.82, 2.24) is 0 Å². The van der Waals surface area contributed by atoms with Crippen molar-refractivity contribution in [3.63, 3.8) is 0 Å². The predicted molar refractivity (Wildman–Crippen MR) is 69.8 cm³/mol. The van der Waals surface area contributed by atoms with Crippen LogP contribution in [0.15, 0.2) is 18.2 Å². The molecule has 0 aliphatic carbocycles. The SMILES string of the molecule is CCOC(=O)c1ccc(OCCCCl)c(OC)c1. The summed E-state index contributed by atoms with van der Waals surface area (Å²) in [6.45, 7) is 2.62. The second-order valence-electron chi connectivity index (χ2n) is 3.48. The molecule has 5 heteroatoms. The van der Waals surface area contributed by atoms with E-state index in [9.17, 15) is 4.79 Å². The smallest absolute Gasteiger partial charge is 0.338 e. The van der Waals surface area contributed by atoms with Crippen LogP contribution in [0.5, 0.6) is 11.5 Å². The van der Waals surface area contributed by atoms with Gasteiger partial charge in [0.2, 0.25) is 0 Å². The quantitative estimate of drug-likeness (QED) is 0.435. The summed E-state index contributed by atoms with van der Waals surface area (Å²) in [4.78, 5) is 11.5. The molecule has 0 fully saturated rings. The number of rotatable bonds is 7. The fraction of sp³-hybridized carbons (Fsp3) is 0.462. The number of benzene rings is 1. The van der Waals surface area contributed by atoms with Crippen LogP contribution in [0, 0.1) is 0 Å². The van der Waals surface area contributed by atoms with Gasteiger partial charge in [0, 0.05) is 5.88 Å². The van der Waals surface area contributed by atoms with Crippen molar-refractivity contribution in [2.24, 2.45) is 0 Å². The first-order chi connectivity index (χ1) is 8.72. The molecule has 0 unspecified atom stereocenters. The normalized spacial score (nSPS) is 9.94. The molecule has 1 aromatic carbocycles. The first-order valence-electron chi connectivity index (χ1n) is 5.76. The van der Waals surface area contributed by atoms with E-state index in [0.717, 1.165) is 6.42 Å². The first-order valence-corrected chi connectivity index (χ1v) is 6.30. The van der Waals surface area contributed by atoms with E-state index in [1.54, 1.807) is 25.1 Å². The molecule has 0 aliphatic heterocycles. The zero-order valence-electron chi connectivity index (χ0n) is 10.6. The lowest BCUT2D eigenvalue weighted by molar-refractivity contribution is 0.0526. The van der Waals surface area contributed by atoms with Crippen molar-refractivity contribution < 1.29 is 19.0 Å². The number of ether oxygens (including phenoxy) is 3. The lowest BCUT2D eigenvalue weighted by Crippen LogP contribution is -2.06. The highest BCUT2D eigenvalue weighted by Crippen LogP contribution is 2.28. The summed E-state index contributed by atoms with van der Waals surface area (Å²) >= 11 is 5.57. The molecular weight excluding hydrogens is 256 g/mol. The lowest BCUT2D eigenvalue weighted by Gasteiger charge is -2.11. The molecule has 0 amide bonds. The minimum atomic E-state index is -0.372. The fourth-order valence-corrected chi connectivity index (χ4v) is 1.47. The molecule has 18 heavy (non-hydrogen) atoms. The average molecular weight is 273 g/mol. The van der Waals surface area contributed by atoms with Crippen molar-refractivity contribution >= 4 is 17.6 Å². The third-order valence-electron chi connectivity index (χ3n) is 2.21.